The van der Waals surface area contributed by atoms with Gasteiger partial charge in [-0.25, -0.2) is 4.39 Å². The van der Waals surface area contributed by atoms with E-state index in [9.17, 15) is 14.3 Å². The van der Waals surface area contributed by atoms with Gasteiger partial charge in [0.15, 0.2) is 0 Å². The number of benzene rings is 1. The molecule has 0 saturated carbocycles. The van der Waals surface area contributed by atoms with Crippen LogP contribution < -0.4 is 5.32 Å². The van der Waals surface area contributed by atoms with E-state index in [0.29, 0.717) is 31.8 Å². The molecule has 1 heterocycles. The van der Waals surface area contributed by atoms with Gasteiger partial charge in [-0.15, -0.1) is 0 Å². The first kappa shape index (κ1) is 14.9. The van der Waals surface area contributed by atoms with Crippen molar-refractivity contribution < 1.29 is 19.0 Å². The second kappa shape index (κ2) is 6.78. The molecule has 0 aromatic heterocycles. The van der Waals surface area contributed by atoms with Gasteiger partial charge in [-0.3, -0.25) is 9.69 Å². The minimum absolute atomic E-state index is 0.161. The minimum atomic E-state index is -0.709. The van der Waals surface area contributed by atoms with E-state index in [2.05, 4.69) is 5.32 Å². The van der Waals surface area contributed by atoms with E-state index >= 15 is 0 Å². The molecule has 1 saturated heterocycles. The van der Waals surface area contributed by atoms with Crippen LogP contribution in [0, 0.1) is 5.82 Å². The SMILES string of the molecule is CNC(=O)[C@H]1CN(C[C@@H](O)c2ccc(F)cc2)CCO1. The van der Waals surface area contributed by atoms with E-state index in [1.807, 2.05) is 4.90 Å². The molecule has 1 amide bonds. The molecular weight excluding hydrogens is 263 g/mol. The zero-order valence-corrected chi connectivity index (χ0v) is 11.4. The molecule has 2 N–H and O–H groups in total. The molecule has 2 atom stereocenters. The maximum Gasteiger partial charge on any atom is 0.250 e. The van der Waals surface area contributed by atoms with Crippen LogP contribution in [-0.2, 0) is 9.53 Å². The van der Waals surface area contributed by atoms with Crippen molar-refractivity contribution in [2.75, 3.05) is 33.3 Å². The predicted molar refractivity (Wildman–Crippen MR) is 71.6 cm³/mol. The number of aliphatic hydroxyl groups is 1. The Morgan fingerprint density at radius 2 is 2.25 bits per heavy atom. The second-order valence-electron chi connectivity index (χ2n) is 4.80. The molecule has 0 radical (unpaired) electrons. The lowest BCUT2D eigenvalue weighted by Crippen LogP contribution is -2.50. The second-order valence-corrected chi connectivity index (χ2v) is 4.80. The molecule has 2 rings (SSSR count). The Kier molecular flexibility index (Phi) is 5.05. The van der Waals surface area contributed by atoms with Crippen molar-refractivity contribution in [2.24, 2.45) is 0 Å². The van der Waals surface area contributed by atoms with Crippen LogP contribution in [0.5, 0.6) is 0 Å². The highest BCUT2D eigenvalue weighted by Gasteiger charge is 2.27. The Labute approximate surface area is 117 Å². The first-order valence-electron chi connectivity index (χ1n) is 6.59. The highest BCUT2D eigenvalue weighted by molar-refractivity contribution is 5.80. The molecular formula is C14H19FN2O3. The van der Waals surface area contributed by atoms with Gasteiger partial charge in [0.2, 0.25) is 5.91 Å². The van der Waals surface area contributed by atoms with Crippen molar-refractivity contribution in [3.05, 3.63) is 35.6 Å². The summed E-state index contributed by atoms with van der Waals surface area (Å²) in [6.07, 6.45) is -1.21. The van der Waals surface area contributed by atoms with Crippen molar-refractivity contribution in [3.63, 3.8) is 0 Å². The molecule has 1 aliphatic heterocycles. The number of nitrogens with one attached hydrogen (secondary N) is 1. The summed E-state index contributed by atoms with van der Waals surface area (Å²) in [4.78, 5) is 13.5. The van der Waals surface area contributed by atoms with Crippen molar-refractivity contribution in [2.45, 2.75) is 12.2 Å². The smallest absolute Gasteiger partial charge is 0.250 e. The summed E-state index contributed by atoms with van der Waals surface area (Å²) in [5.41, 5.74) is 0.661. The fourth-order valence-electron chi connectivity index (χ4n) is 2.22. The van der Waals surface area contributed by atoms with Crippen LogP contribution in [-0.4, -0.2) is 55.3 Å². The molecule has 0 unspecified atom stereocenters. The number of carbonyl (C=O) groups excluding carboxylic acids is 1. The van der Waals surface area contributed by atoms with Gasteiger partial charge in [0.1, 0.15) is 11.9 Å². The number of ether oxygens (including phenoxy) is 1. The third-order valence-electron chi connectivity index (χ3n) is 3.38. The van der Waals surface area contributed by atoms with Crippen LogP contribution in [0.4, 0.5) is 4.39 Å². The number of halogens is 1. The molecule has 0 bridgehead atoms. The Hall–Kier alpha value is -1.50. The summed E-state index contributed by atoms with van der Waals surface area (Å²) < 4.78 is 18.2. The Morgan fingerprint density at radius 1 is 1.55 bits per heavy atom. The maximum atomic E-state index is 12.8. The number of hydrogen-bond donors (Lipinski definition) is 2. The van der Waals surface area contributed by atoms with Gasteiger partial charge in [-0.05, 0) is 17.7 Å². The minimum Gasteiger partial charge on any atom is -0.387 e. The Balaban J connectivity index is 1.92. The Bertz CT molecular complexity index is 452. The number of rotatable bonds is 4. The fourth-order valence-corrected chi connectivity index (χ4v) is 2.22. The Morgan fingerprint density at radius 3 is 2.90 bits per heavy atom. The molecule has 0 spiro atoms. The average molecular weight is 282 g/mol. The number of nitrogens with zero attached hydrogens (tertiary/aromatic N) is 1. The van der Waals surface area contributed by atoms with E-state index < -0.39 is 12.2 Å². The van der Waals surface area contributed by atoms with Crippen LogP contribution in [0.15, 0.2) is 24.3 Å². The summed E-state index contributed by atoms with van der Waals surface area (Å²) in [7, 11) is 1.57. The lowest BCUT2D eigenvalue weighted by molar-refractivity contribution is -0.138. The first-order chi connectivity index (χ1) is 9.60. The summed E-state index contributed by atoms with van der Waals surface area (Å²) in [6, 6.07) is 5.78. The van der Waals surface area contributed by atoms with Crippen molar-refractivity contribution in [1.29, 1.82) is 0 Å². The number of likely N-dealkylation sites (N-methyl/N-ethyl adjacent to an activating group) is 1. The molecule has 1 fully saturated rings. The normalized spacial score (nSPS) is 21.4. The number of morpholine rings is 1. The van der Waals surface area contributed by atoms with E-state index in [1.165, 1.54) is 12.1 Å². The molecule has 20 heavy (non-hydrogen) atoms. The lowest BCUT2D eigenvalue weighted by Gasteiger charge is -2.33. The molecule has 110 valence electrons. The van der Waals surface area contributed by atoms with Crippen LogP contribution in [0.3, 0.4) is 0 Å². The summed E-state index contributed by atoms with van der Waals surface area (Å²) >= 11 is 0. The summed E-state index contributed by atoms with van der Waals surface area (Å²) in [5.74, 6) is -0.488. The molecule has 6 heteroatoms. The molecule has 1 aromatic carbocycles. The number of aliphatic hydroxyl groups excluding tert-OH is 1. The van der Waals surface area contributed by atoms with Gasteiger partial charge in [-0.2, -0.15) is 0 Å². The van der Waals surface area contributed by atoms with Crippen LogP contribution in [0.25, 0.3) is 0 Å². The van der Waals surface area contributed by atoms with Crippen molar-refractivity contribution in [3.8, 4) is 0 Å². The van der Waals surface area contributed by atoms with Gasteiger partial charge < -0.3 is 15.2 Å². The van der Waals surface area contributed by atoms with Crippen LogP contribution in [0.1, 0.15) is 11.7 Å². The monoisotopic (exact) mass is 282 g/mol. The summed E-state index contributed by atoms with van der Waals surface area (Å²) in [6.45, 7) is 1.94. The van der Waals surface area contributed by atoms with Gasteiger partial charge in [0.05, 0.1) is 12.7 Å². The zero-order chi connectivity index (χ0) is 14.5. The predicted octanol–water partition coefficient (Wildman–Crippen LogP) is 0.306. The fraction of sp³-hybridized carbons (Fsp3) is 0.500. The maximum absolute atomic E-state index is 12.8. The van der Waals surface area contributed by atoms with Crippen molar-refractivity contribution in [1.82, 2.24) is 10.2 Å². The average Bonchev–Trinajstić information content (AvgIpc) is 2.47. The molecule has 0 aliphatic carbocycles. The molecule has 1 aliphatic rings. The first-order valence-corrected chi connectivity index (χ1v) is 6.59. The lowest BCUT2D eigenvalue weighted by atomic mass is 10.1. The van der Waals surface area contributed by atoms with Crippen LogP contribution in [0.2, 0.25) is 0 Å². The molecule has 5 nitrogen and oxygen atoms in total. The number of β-amino-alcohol motifs (C(OH)–C–C–N with tert-alkyl or cyclic N) is 1. The van der Waals surface area contributed by atoms with E-state index in [-0.39, 0.29) is 11.7 Å². The molecule has 1 aromatic rings. The number of carbonyl (C=O) groups is 1. The van der Waals surface area contributed by atoms with Crippen LogP contribution >= 0.6 is 0 Å². The van der Waals surface area contributed by atoms with Crippen molar-refractivity contribution >= 4 is 5.91 Å². The highest BCUT2D eigenvalue weighted by atomic mass is 19.1. The van der Waals surface area contributed by atoms with E-state index in [4.69, 9.17) is 4.74 Å². The van der Waals surface area contributed by atoms with Gasteiger partial charge >= 0.3 is 0 Å². The third-order valence-corrected chi connectivity index (χ3v) is 3.38. The van der Waals surface area contributed by atoms with Gasteiger partial charge in [-0.1, -0.05) is 12.1 Å². The largest absolute Gasteiger partial charge is 0.387 e. The standard InChI is InChI=1S/C14H19FN2O3/c1-16-14(19)13-9-17(6-7-20-13)8-12(18)10-2-4-11(15)5-3-10/h2-5,12-13,18H,6-9H2,1H3,(H,16,19)/t12-,13-/m1/s1. The van der Waals surface area contributed by atoms with Gasteiger partial charge in [0, 0.05) is 26.7 Å². The summed E-state index contributed by atoms with van der Waals surface area (Å²) in [5, 5.41) is 12.7. The highest BCUT2D eigenvalue weighted by Crippen LogP contribution is 2.16. The third kappa shape index (κ3) is 3.75. The van der Waals surface area contributed by atoms with E-state index in [0.717, 1.165) is 0 Å². The quantitative estimate of drug-likeness (QED) is 0.834. The van der Waals surface area contributed by atoms with E-state index in [1.54, 1.807) is 19.2 Å². The topological polar surface area (TPSA) is 61.8 Å². The number of amides is 1. The zero-order valence-electron chi connectivity index (χ0n) is 11.4. The number of hydrogen-bond acceptors (Lipinski definition) is 4. The van der Waals surface area contributed by atoms with Gasteiger partial charge in [0.25, 0.3) is 0 Å².